The molecule has 1 aromatic heterocycles. The summed E-state index contributed by atoms with van der Waals surface area (Å²) in [6, 6.07) is 20.8. The smallest absolute Gasteiger partial charge is 0.251 e. The zero-order valence-electron chi connectivity index (χ0n) is 12.0. The molecule has 1 N–H and O–H groups in total. The number of rotatable bonds is 3. The van der Waals surface area contributed by atoms with Crippen LogP contribution in [0.15, 0.2) is 72.9 Å². The van der Waals surface area contributed by atoms with E-state index >= 15 is 0 Å². The van der Waals surface area contributed by atoms with Gasteiger partial charge in [-0.3, -0.25) is 9.78 Å². The molecule has 2 aromatic rings. The summed E-state index contributed by atoms with van der Waals surface area (Å²) in [5.74, 6) is -0.0999. The predicted octanol–water partition coefficient (Wildman–Crippen LogP) is 3.69. The molecule has 0 atom stereocenters. The lowest BCUT2D eigenvalue weighted by Gasteiger charge is -2.04. The van der Waals surface area contributed by atoms with Crippen LogP contribution in [0.4, 0.5) is 0 Å². The number of nitrogens with one attached hydrogen (secondary N) is 1. The molecule has 0 saturated carbocycles. The number of nitrogens with zero attached hydrogens (tertiary/aromatic N) is 1. The molecular weight excluding hydrogens is 260 g/mol. The van der Waals surface area contributed by atoms with E-state index in [1.165, 1.54) is 0 Å². The van der Waals surface area contributed by atoms with E-state index in [9.17, 15) is 4.79 Å². The van der Waals surface area contributed by atoms with Crippen molar-refractivity contribution in [1.82, 2.24) is 10.3 Å². The first-order valence-electron chi connectivity index (χ1n) is 6.84. The zero-order valence-corrected chi connectivity index (χ0v) is 12.0. The monoisotopic (exact) mass is 280 g/mol. The Morgan fingerprint density at radius 1 is 1.00 bits per heavy atom. The fourth-order valence-electron chi connectivity index (χ4n) is 1.77. The van der Waals surface area contributed by atoms with Crippen LogP contribution in [0.25, 0.3) is 0 Å². The number of benzene rings is 1. The lowest BCUT2D eigenvalue weighted by Crippen LogP contribution is -2.22. The average molecular weight is 280 g/mol. The van der Waals surface area contributed by atoms with Crippen LogP contribution < -0.4 is 5.32 Å². The first kappa shape index (κ1) is 14.7. The molecule has 108 valence electrons. The fraction of sp³-hybridized carbons (Fsp3) is 0.111. The molecule has 0 radical (unpaired) electrons. The molecule has 3 nitrogen and oxygen atoms in total. The highest BCUT2D eigenvalue weighted by atomic mass is 16.1. The number of hydrogen-bond donors (Lipinski definition) is 1. The van der Waals surface area contributed by atoms with E-state index in [2.05, 4.69) is 10.3 Å². The molecule has 0 bridgehead atoms. The molecule has 0 aliphatic heterocycles. The Hall–Kier alpha value is -2.68. The van der Waals surface area contributed by atoms with Gasteiger partial charge < -0.3 is 5.32 Å². The van der Waals surface area contributed by atoms with E-state index in [4.69, 9.17) is 0 Å². The summed E-state index contributed by atoms with van der Waals surface area (Å²) in [7, 11) is 0. The van der Waals surface area contributed by atoms with Crippen LogP contribution in [0.1, 0.15) is 23.0 Å². The number of hydrogen-bond acceptors (Lipinski definition) is 2. The van der Waals surface area contributed by atoms with Crippen molar-refractivity contribution in [2.45, 2.75) is 13.5 Å². The van der Waals surface area contributed by atoms with Gasteiger partial charge in [-0.2, -0.15) is 0 Å². The summed E-state index contributed by atoms with van der Waals surface area (Å²) in [6.45, 7) is 2.41. The SMILES string of the molecule is Cc1ccc(C(=O)NCc2ccccc2)cccccn1.[HH]. The maximum Gasteiger partial charge on any atom is 0.251 e. The molecule has 21 heavy (non-hydrogen) atoms. The van der Waals surface area contributed by atoms with Crippen molar-refractivity contribution in [3.8, 4) is 0 Å². The minimum atomic E-state index is -0.0999. The molecule has 0 spiro atoms. The van der Waals surface area contributed by atoms with Crippen molar-refractivity contribution in [2.24, 2.45) is 0 Å². The summed E-state index contributed by atoms with van der Waals surface area (Å²) in [4.78, 5) is 16.4. The highest BCUT2D eigenvalue weighted by Gasteiger charge is 2.02. The molecule has 1 amide bonds. The second-order valence-electron chi connectivity index (χ2n) is 4.62. The Bertz CT molecular complexity index is 658. The molecular formula is C18H20N2O. The Morgan fingerprint density at radius 3 is 2.52 bits per heavy atom. The summed E-state index contributed by atoms with van der Waals surface area (Å²) in [5.41, 5.74) is 2.53. The minimum absolute atomic E-state index is 0. The van der Waals surface area contributed by atoms with Crippen LogP contribution in [0.5, 0.6) is 0 Å². The minimum Gasteiger partial charge on any atom is -0.348 e. The topological polar surface area (TPSA) is 42.0 Å². The van der Waals surface area contributed by atoms with E-state index in [1.54, 1.807) is 18.3 Å². The largest absolute Gasteiger partial charge is 0.348 e. The van der Waals surface area contributed by atoms with Crippen LogP contribution in [0.3, 0.4) is 0 Å². The summed E-state index contributed by atoms with van der Waals surface area (Å²) >= 11 is 0. The summed E-state index contributed by atoms with van der Waals surface area (Å²) in [6.07, 6.45) is 1.73. The van der Waals surface area contributed by atoms with E-state index < -0.39 is 0 Å². The maximum absolute atomic E-state index is 12.2. The number of amides is 1. The van der Waals surface area contributed by atoms with Gasteiger partial charge in [-0.05, 0) is 36.8 Å². The molecule has 1 heterocycles. The molecule has 0 aliphatic rings. The maximum atomic E-state index is 12.2. The summed E-state index contributed by atoms with van der Waals surface area (Å²) in [5, 5.41) is 2.92. The summed E-state index contributed by atoms with van der Waals surface area (Å²) < 4.78 is 0. The molecule has 0 unspecified atom stereocenters. The first-order chi connectivity index (χ1) is 10.3. The quantitative estimate of drug-likeness (QED) is 0.931. The van der Waals surface area contributed by atoms with E-state index in [1.807, 2.05) is 61.5 Å². The van der Waals surface area contributed by atoms with Crippen molar-refractivity contribution in [3.63, 3.8) is 0 Å². The number of aryl methyl sites for hydroxylation is 1. The molecule has 0 aliphatic carbocycles. The standard InChI is InChI=1S/C18H18N2O.H2/c1-15-11-12-17(10-6-3-7-13-19-15)18(21)20-14-16-8-4-2-5-9-16;/h2-13H,14H2,1H3,(H,20,21);1H. The van der Waals surface area contributed by atoms with Gasteiger partial charge in [0.15, 0.2) is 0 Å². The number of carbonyl (C=O) groups is 1. The van der Waals surface area contributed by atoms with Crippen molar-refractivity contribution in [3.05, 3.63) is 89.7 Å². The number of carbonyl (C=O) groups excluding carboxylic acids is 1. The second-order valence-corrected chi connectivity index (χ2v) is 4.62. The lowest BCUT2D eigenvalue weighted by atomic mass is 10.2. The van der Waals surface area contributed by atoms with E-state index in [0.717, 1.165) is 11.3 Å². The van der Waals surface area contributed by atoms with Crippen molar-refractivity contribution in [1.29, 1.82) is 0 Å². The third-order valence-corrected chi connectivity index (χ3v) is 2.92. The lowest BCUT2D eigenvalue weighted by molar-refractivity contribution is 0.0951. The molecule has 0 saturated heterocycles. The second kappa shape index (κ2) is 7.80. The first-order valence-corrected chi connectivity index (χ1v) is 6.84. The average Bonchev–Trinajstić information content (AvgIpc) is 2.52. The van der Waals surface area contributed by atoms with Crippen molar-refractivity contribution >= 4 is 5.91 Å². The Morgan fingerprint density at radius 2 is 1.71 bits per heavy atom. The molecule has 1 aromatic carbocycles. The van der Waals surface area contributed by atoms with Crippen LogP contribution >= 0.6 is 0 Å². The van der Waals surface area contributed by atoms with Gasteiger partial charge in [-0.15, -0.1) is 0 Å². The fourth-order valence-corrected chi connectivity index (χ4v) is 1.77. The Balaban J connectivity index is 0.00000242. The van der Waals surface area contributed by atoms with Crippen LogP contribution in [-0.2, 0) is 6.54 Å². The highest BCUT2D eigenvalue weighted by molar-refractivity contribution is 5.93. The van der Waals surface area contributed by atoms with Gasteiger partial charge in [-0.1, -0.05) is 42.5 Å². The van der Waals surface area contributed by atoms with E-state index in [0.29, 0.717) is 12.1 Å². The normalized spacial score (nSPS) is 9.57. The third-order valence-electron chi connectivity index (χ3n) is 2.92. The molecule has 3 heteroatoms. The van der Waals surface area contributed by atoms with Crippen LogP contribution in [0, 0.1) is 6.92 Å². The molecule has 2 rings (SSSR count). The van der Waals surface area contributed by atoms with Gasteiger partial charge >= 0.3 is 0 Å². The number of aromatic nitrogens is 1. The van der Waals surface area contributed by atoms with Gasteiger partial charge in [-0.25, -0.2) is 0 Å². The zero-order chi connectivity index (χ0) is 14.9. The van der Waals surface area contributed by atoms with Crippen LogP contribution in [-0.4, -0.2) is 10.9 Å². The predicted molar refractivity (Wildman–Crippen MR) is 86.3 cm³/mol. The van der Waals surface area contributed by atoms with Gasteiger partial charge in [0.25, 0.3) is 5.91 Å². The van der Waals surface area contributed by atoms with Crippen LogP contribution in [0.2, 0.25) is 0 Å². The van der Waals surface area contributed by atoms with Gasteiger partial charge in [0.05, 0.1) is 0 Å². The van der Waals surface area contributed by atoms with E-state index in [-0.39, 0.29) is 7.33 Å². The molecule has 0 fully saturated rings. The van der Waals surface area contributed by atoms with Gasteiger partial charge in [0.1, 0.15) is 0 Å². The Kier molecular flexibility index (Phi) is 5.47. The van der Waals surface area contributed by atoms with Crippen molar-refractivity contribution in [2.75, 3.05) is 0 Å². The highest BCUT2D eigenvalue weighted by Crippen LogP contribution is 2.00. The van der Waals surface area contributed by atoms with Gasteiger partial charge in [0.2, 0.25) is 0 Å². The third kappa shape index (κ3) is 5.07. The Labute approximate surface area is 126 Å². The van der Waals surface area contributed by atoms with Crippen molar-refractivity contribution < 1.29 is 6.22 Å². The van der Waals surface area contributed by atoms with Gasteiger partial charge in [0, 0.05) is 25.4 Å².